The molecule has 0 radical (unpaired) electrons. The standard InChI is InChI=1S/C8H5ClN2O/c9-11-8-4-2-1-3-6(8)7(5-12)10-11/h1-5H. The number of carbonyl (C=O) groups excluding carboxylic acids is 1. The average Bonchev–Trinajstić information content (AvgIpc) is 2.44. The summed E-state index contributed by atoms with van der Waals surface area (Å²) < 4.78 is 1.18. The van der Waals surface area contributed by atoms with Gasteiger partial charge in [0.05, 0.1) is 5.52 Å². The summed E-state index contributed by atoms with van der Waals surface area (Å²) in [6, 6.07) is 7.30. The highest BCUT2D eigenvalue weighted by Gasteiger charge is 2.06. The van der Waals surface area contributed by atoms with E-state index in [-0.39, 0.29) is 0 Å². The monoisotopic (exact) mass is 180 g/mol. The summed E-state index contributed by atoms with van der Waals surface area (Å²) in [5.74, 6) is 0. The minimum Gasteiger partial charge on any atom is -0.296 e. The topological polar surface area (TPSA) is 34.9 Å². The first-order chi connectivity index (χ1) is 5.83. The van der Waals surface area contributed by atoms with Crippen molar-refractivity contribution < 1.29 is 4.79 Å². The lowest BCUT2D eigenvalue weighted by Gasteiger charge is -1.87. The van der Waals surface area contributed by atoms with E-state index in [1.54, 1.807) is 0 Å². The van der Waals surface area contributed by atoms with Crippen LogP contribution in [0.2, 0.25) is 0 Å². The third-order valence-electron chi connectivity index (χ3n) is 1.69. The van der Waals surface area contributed by atoms with Crippen LogP contribution in [0.15, 0.2) is 24.3 Å². The molecule has 0 aliphatic carbocycles. The molecule has 12 heavy (non-hydrogen) atoms. The number of hydrogen-bond donors (Lipinski definition) is 0. The molecule has 0 saturated carbocycles. The maximum Gasteiger partial charge on any atom is 0.171 e. The van der Waals surface area contributed by atoms with Gasteiger partial charge in [-0.05, 0) is 6.07 Å². The van der Waals surface area contributed by atoms with Gasteiger partial charge in [0, 0.05) is 17.2 Å². The van der Waals surface area contributed by atoms with Crippen molar-refractivity contribution in [1.29, 1.82) is 0 Å². The van der Waals surface area contributed by atoms with E-state index in [1.807, 2.05) is 24.3 Å². The SMILES string of the molecule is O=Cc1nn(Cl)c2ccccc12. The van der Waals surface area contributed by atoms with Crippen molar-refractivity contribution in [3.63, 3.8) is 0 Å². The summed E-state index contributed by atoms with van der Waals surface area (Å²) in [5.41, 5.74) is 1.13. The number of aromatic nitrogens is 2. The van der Waals surface area contributed by atoms with Crippen LogP contribution in [0.25, 0.3) is 10.9 Å². The molecule has 3 nitrogen and oxygen atoms in total. The smallest absolute Gasteiger partial charge is 0.171 e. The molecule has 1 aromatic carbocycles. The van der Waals surface area contributed by atoms with Crippen LogP contribution in [0.5, 0.6) is 0 Å². The highest BCUT2D eigenvalue weighted by molar-refractivity contribution is 6.19. The van der Waals surface area contributed by atoms with Gasteiger partial charge >= 0.3 is 0 Å². The second-order valence-electron chi connectivity index (χ2n) is 2.38. The van der Waals surface area contributed by atoms with Gasteiger partial charge in [0.2, 0.25) is 0 Å². The maximum absolute atomic E-state index is 10.5. The lowest BCUT2D eigenvalue weighted by molar-refractivity contribution is 0.112. The van der Waals surface area contributed by atoms with E-state index in [9.17, 15) is 4.79 Å². The third-order valence-corrected chi connectivity index (χ3v) is 1.94. The quantitative estimate of drug-likeness (QED) is 0.628. The molecule has 0 unspecified atom stereocenters. The molecule has 4 heteroatoms. The Hall–Kier alpha value is -1.35. The van der Waals surface area contributed by atoms with Crippen molar-refractivity contribution >= 4 is 29.0 Å². The van der Waals surface area contributed by atoms with E-state index in [2.05, 4.69) is 5.10 Å². The fourth-order valence-corrected chi connectivity index (χ4v) is 1.37. The van der Waals surface area contributed by atoms with E-state index >= 15 is 0 Å². The molecular weight excluding hydrogens is 176 g/mol. The summed E-state index contributed by atoms with van der Waals surface area (Å²) in [6.45, 7) is 0. The normalized spacial score (nSPS) is 10.4. The fourth-order valence-electron chi connectivity index (χ4n) is 1.14. The van der Waals surface area contributed by atoms with Crippen LogP contribution in [-0.2, 0) is 0 Å². The lowest BCUT2D eigenvalue weighted by Crippen LogP contribution is -1.83. The van der Waals surface area contributed by atoms with Crippen molar-refractivity contribution in [3.05, 3.63) is 30.0 Å². The van der Waals surface area contributed by atoms with Crippen molar-refractivity contribution in [2.45, 2.75) is 0 Å². The van der Waals surface area contributed by atoms with E-state index in [4.69, 9.17) is 11.8 Å². The minimum absolute atomic E-state index is 0.376. The van der Waals surface area contributed by atoms with Crippen molar-refractivity contribution in [2.75, 3.05) is 0 Å². The zero-order chi connectivity index (χ0) is 8.55. The Balaban J connectivity index is 2.91. The molecule has 2 rings (SSSR count). The van der Waals surface area contributed by atoms with E-state index in [1.165, 1.54) is 4.20 Å². The second kappa shape index (κ2) is 2.60. The largest absolute Gasteiger partial charge is 0.296 e. The van der Waals surface area contributed by atoms with Gasteiger partial charge in [0.1, 0.15) is 5.69 Å². The number of benzene rings is 1. The molecule has 0 aliphatic heterocycles. The molecule has 0 N–H and O–H groups in total. The highest BCUT2D eigenvalue weighted by atomic mass is 35.5. The van der Waals surface area contributed by atoms with Crippen LogP contribution in [0.3, 0.4) is 0 Å². The molecule has 0 amide bonds. The predicted octanol–water partition coefficient (Wildman–Crippen LogP) is 1.85. The molecule has 2 aromatic rings. The number of rotatable bonds is 1. The van der Waals surface area contributed by atoms with Gasteiger partial charge in [0.15, 0.2) is 6.29 Å². The molecule has 60 valence electrons. The number of fused-ring (bicyclic) bond motifs is 1. The first-order valence-electron chi connectivity index (χ1n) is 3.42. The minimum atomic E-state index is 0.376. The van der Waals surface area contributed by atoms with Crippen LogP contribution in [0.4, 0.5) is 0 Å². The Morgan fingerprint density at radius 2 is 2.17 bits per heavy atom. The van der Waals surface area contributed by atoms with Gasteiger partial charge in [-0.3, -0.25) is 4.79 Å². The molecule has 1 heterocycles. The second-order valence-corrected chi connectivity index (χ2v) is 2.70. The number of hydrogen-bond acceptors (Lipinski definition) is 2. The van der Waals surface area contributed by atoms with Crippen LogP contribution in [0.1, 0.15) is 10.5 Å². The molecule has 0 aliphatic rings. The number of nitrogens with zero attached hydrogens (tertiary/aromatic N) is 2. The van der Waals surface area contributed by atoms with Crippen molar-refractivity contribution in [2.24, 2.45) is 0 Å². The number of halogens is 1. The van der Waals surface area contributed by atoms with Crippen LogP contribution in [0, 0.1) is 0 Å². The van der Waals surface area contributed by atoms with Gasteiger partial charge in [-0.2, -0.15) is 9.30 Å². The Bertz CT molecular complexity index is 436. The Morgan fingerprint density at radius 1 is 1.42 bits per heavy atom. The third kappa shape index (κ3) is 0.905. The van der Waals surface area contributed by atoms with Gasteiger partial charge in [0.25, 0.3) is 0 Å². The average molecular weight is 181 g/mol. The Morgan fingerprint density at radius 3 is 2.92 bits per heavy atom. The van der Waals surface area contributed by atoms with Crippen LogP contribution < -0.4 is 0 Å². The summed E-state index contributed by atoms with van der Waals surface area (Å²) >= 11 is 5.70. The number of carbonyl (C=O) groups is 1. The van der Waals surface area contributed by atoms with Gasteiger partial charge in [-0.15, -0.1) is 0 Å². The molecule has 0 fully saturated rings. The molecule has 0 atom stereocenters. The first-order valence-corrected chi connectivity index (χ1v) is 3.76. The van der Waals surface area contributed by atoms with Crippen LogP contribution >= 0.6 is 11.8 Å². The molecule has 0 spiro atoms. The zero-order valence-electron chi connectivity index (χ0n) is 6.07. The zero-order valence-corrected chi connectivity index (χ0v) is 6.82. The molecule has 0 bridgehead atoms. The molecular formula is C8H5ClN2O. The number of para-hydroxylation sites is 1. The fraction of sp³-hybridized carbons (Fsp3) is 0. The summed E-state index contributed by atoms with van der Waals surface area (Å²) in [5, 5.41) is 4.60. The van der Waals surface area contributed by atoms with Gasteiger partial charge in [-0.1, -0.05) is 18.2 Å². The van der Waals surface area contributed by atoms with E-state index in [0.717, 1.165) is 10.9 Å². The summed E-state index contributed by atoms with van der Waals surface area (Å²) in [4.78, 5) is 10.5. The molecule has 0 saturated heterocycles. The van der Waals surface area contributed by atoms with Crippen molar-refractivity contribution in [1.82, 2.24) is 9.30 Å². The molecule has 1 aromatic heterocycles. The van der Waals surface area contributed by atoms with E-state index in [0.29, 0.717) is 12.0 Å². The summed E-state index contributed by atoms with van der Waals surface area (Å²) in [7, 11) is 0. The Kier molecular flexibility index (Phi) is 1.59. The number of aldehydes is 1. The Labute approximate surface area is 73.7 Å². The van der Waals surface area contributed by atoms with Crippen molar-refractivity contribution in [3.8, 4) is 0 Å². The maximum atomic E-state index is 10.5. The highest BCUT2D eigenvalue weighted by Crippen LogP contribution is 2.17. The van der Waals surface area contributed by atoms with Gasteiger partial charge in [-0.25, -0.2) is 0 Å². The first kappa shape index (κ1) is 7.31. The lowest BCUT2D eigenvalue weighted by atomic mass is 10.2. The van der Waals surface area contributed by atoms with Crippen LogP contribution in [-0.4, -0.2) is 15.6 Å². The summed E-state index contributed by atoms with van der Waals surface area (Å²) in [6.07, 6.45) is 0.696. The van der Waals surface area contributed by atoms with E-state index < -0.39 is 0 Å². The van der Waals surface area contributed by atoms with Gasteiger partial charge < -0.3 is 0 Å². The predicted molar refractivity (Wildman–Crippen MR) is 46.4 cm³/mol.